The van der Waals surface area contributed by atoms with Gasteiger partial charge in [0.2, 0.25) is 5.91 Å². The van der Waals surface area contributed by atoms with Gasteiger partial charge in [0, 0.05) is 16.9 Å². The van der Waals surface area contributed by atoms with Gasteiger partial charge in [0.1, 0.15) is 12.2 Å². The van der Waals surface area contributed by atoms with E-state index in [0.29, 0.717) is 11.4 Å². The van der Waals surface area contributed by atoms with E-state index in [-0.39, 0.29) is 10.6 Å². The molecule has 0 heterocycles. The first kappa shape index (κ1) is 18.4. The summed E-state index contributed by atoms with van der Waals surface area (Å²) in [6.07, 6.45) is -0.430. The number of methoxy groups -OCH3 is 1. The van der Waals surface area contributed by atoms with Crippen LogP contribution in [0.15, 0.2) is 42.5 Å². The van der Waals surface area contributed by atoms with Gasteiger partial charge < -0.3 is 15.4 Å². The summed E-state index contributed by atoms with van der Waals surface area (Å²) in [4.78, 5) is 35.0. The lowest BCUT2D eigenvalue weighted by molar-refractivity contribution is -0.142. The number of rotatable bonds is 5. The van der Waals surface area contributed by atoms with Crippen molar-refractivity contribution >= 4 is 40.8 Å². The van der Waals surface area contributed by atoms with Gasteiger partial charge in [-0.3, -0.25) is 14.4 Å². The Morgan fingerprint density at radius 3 is 2.48 bits per heavy atom. The van der Waals surface area contributed by atoms with Crippen LogP contribution in [0.3, 0.4) is 0 Å². The van der Waals surface area contributed by atoms with Gasteiger partial charge in [-0.05, 0) is 36.4 Å². The van der Waals surface area contributed by atoms with Crippen molar-refractivity contribution in [3.63, 3.8) is 0 Å². The number of hydrogen-bond acceptors (Lipinski definition) is 4. The number of esters is 1. The van der Waals surface area contributed by atoms with E-state index < -0.39 is 30.0 Å². The predicted octanol–water partition coefficient (Wildman–Crippen LogP) is 3.23. The standard InChI is InChI=1S/C17H14ClFN2O4/c1-25-16(23)9-15(22)20-11-4-2-3-10(7-11)17(24)21-12-5-6-14(19)13(18)8-12/h2-8H,9H2,1H3,(H,20,22)(H,21,24). The SMILES string of the molecule is COC(=O)CC(=O)Nc1cccc(C(=O)Nc2ccc(F)c(Cl)c2)c1. The maximum atomic E-state index is 13.1. The number of ether oxygens (including phenoxy) is 1. The molecule has 130 valence electrons. The third kappa shape index (κ3) is 5.29. The molecule has 0 saturated heterocycles. The van der Waals surface area contributed by atoms with Crippen molar-refractivity contribution in [2.45, 2.75) is 6.42 Å². The van der Waals surface area contributed by atoms with Crippen molar-refractivity contribution < 1.29 is 23.5 Å². The number of nitrogens with one attached hydrogen (secondary N) is 2. The first-order valence-corrected chi connectivity index (χ1v) is 7.50. The Balaban J connectivity index is 2.06. The molecule has 0 aromatic heterocycles. The number of hydrogen-bond donors (Lipinski definition) is 2. The average molecular weight is 365 g/mol. The highest BCUT2D eigenvalue weighted by Gasteiger charge is 2.12. The van der Waals surface area contributed by atoms with Gasteiger partial charge in [-0.25, -0.2) is 4.39 Å². The zero-order valence-corrected chi connectivity index (χ0v) is 13.9. The van der Waals surface area contributed by atoms with Crippen molar-refractivity contribution in [3.05, 3.63) is 58.9 Å². The molecule has 0 spiro atoms. The van der Waals surface area contributed by atoms with Crippen LogP contribution in [-0.2, 0) is 14.3 Å². The second kappa shape index (κ2) is 8.25. The molecular formula is C17H14ClFN2O4. The highest BCUT2D eigenvalue weighted by atomic mass is 35.5. The maximum absolute atomic E-state index is 13.1. The summed E-state index contributed by atoms with van der Waals surface area (Å²) in [5.41, 5.74) is 0.937. The number of anilines is 2. The lowest BCUT2D eigenvalue weighted by Gasteiger charge is -2.08. The van der Waals surface area contributed by atoms with E-state index in [1.165, 1.54) is 31.4 Å². The van der Waals surface area contributed by atoms with Crippen LogP contribution in [0.2, 0.25) is 5.02 Å². The van der Waals surface area contributed by atoms with Gasteiger partial charge in [0.25, 0.3) is 5.91 Å². The zero-order valence-electron chi connectivity index (χ0n) is 13.1. The van der Waals surface area contributed by atoms with Gasteiger partial charge in [-0.1, -0.05) is 17.7 Å². The summed E-state index contributed by atoms with van der Waals surface area (Å²) in [6.45, 7) is 0. The Bertz CT molecular complexity index is 826. The Hall–Kier alpha value is -2.93. The molecule has 25 heavy (non-hydrogen) atoms. The van der Waals surface area contributed by atoms with Crippen molar-refractivity contribution in [1.82, 2.24) is 0 Å². The predicted molar refractivity (Wildman–Crippen MR) is 91.1 cm³/mol. The second-order valence-corrected chi connectivity index (χ2v) is 5.37. The molecular weight excluding hydrogens is 351 g/mol. The van der Waals surface area contributed by atoms with Gasteiger partial charge in [0.15, 0.2) is 0 Å². The highest BCUT2D eigenvalue weighted by Crippen LogP contribution is 2.20. The summed E-state index contributed by atoms with van der Waals surface area (Å²) >= 11 is 5.67. The Kier molecular flexibility index (Phi) is 6.08. The van der Waals surface area contributed by atoms with E-state index in [4.69, 9.17) is 11.6 Å². The molecule has 0 radical (unpaired) electrons. The van der Waals surface area contributed by atoms with E-state index in [0.717, 1.165) is 6.07 Å². The molecule has 2 rings (SSSR count). The van der Waals surface area contributed by atoms with E-state index in [1.54, 1.807) is 12.1 Å². The van der Waals surface area contributed by atoms with Crippen molar-refractivity contribution in [1.29, 1.82) is 0 Å². The third-order valence-corrected chi connectivity index (χ3v) is 3.41. The van der Waals surface area contributed by atoms with Crippen LogP contribution in [0.5, 0.6) is 0 Å². The van der Waals surface area contributed by atoms with Crippen molar-refractivity contribution in [2.24, 2.45) is 0 Å². The largest absolute Gasteiger partial charge is 0.469 e. The Labute approximate surface area is 147 Å². The second-order valence-electron chi connectivity index (χ2n) is 4.96. The third-order valence-electron chi connectivity index (χ3n) is 3.12. The summed E-state index contributed by atoms with van der Waals surface area (Å²) in [5, 5.41) is 4.95. The van der Waals surface area contributed by atoms with Gasteiger partial charge >= 0.3 is 5.97 Å². The first-order valence-electron chi connectivity index (χ1n) is 7.12. The minimum Gasteiger partial charge on any atom is -0.469 e. The van der Waals surface area contributed by atoms with Crippen LogP contribution in [0, 0.1) is 5.82 Å². The highest BCUT2D eigenvalue weighted by molar-refractivity contribution is 6.31. The van der Waals surface area contributed by atoms with Crippen LogP contribution in [0.25, 0.3) is 0 Å². The Morgan fingerprint density at radius 1 is 1.08 bits per heavy atom. The van der Waals surface area contributed by atoms with Crippen LogP contribution in [0.4, 0.5) is 15.8 Å². The monoisotopic (exact) mass is 364 g/mol. The fourth-order valence-corrected chi connectivity index (χ4v) is 2.10. The molecule has 0 aliphatic carbocycles. The van der Waals surface area contributed by atoms with E-state index in [1.807, 2.05) is 0 Å². The molecule has 2 aromatic rings. The van der Waals surface area contributed by atoms with Crippen LogP contribution >= 0.6 is 11.6 Å². The number of carbonyl (C=O) groups excluding carboxylic acids is 3. The molecule has 2 N–H and O–H groups in total. The van der Waals surface area contributed by atoms with E-state index in [2.05, 4.69) is 15.4 Å². The van der Waals surface area contributed by atoms with E-state index >= 15 is 0 Å². The molecule has 0 fully saturated rings. The molecule has 0 atom stereocenters. The normalized spacial score (nSPS) is 10.0. The summed E-state index contributed by atoms with van der Waals surface area (Å²) < 4.78 is 17.5. The minimum absolute atomic E-state index is 0.110. The minimum atomic E-state index is -0.667. The van der Waals surface area contributed by atoms with Crippen molar-refractivity contribution in [3.8, 4) is 0 Å². The maximum Gasteiger partial charge on any atom is 0.315 e. The molecule has 2 aromatic carbocycles. The number of carbonyl (C=O) groups is 3. The fourth-order valence-electron chi connectivity index (χ4n) is 1.92. The smallest absolute Gasteiger partial charge is 0.315 e. The van der Waals surface area contributed by atoms with Gasteiger partial charge in [-0.15, -0.1) is 0 Å². The summed E-state index contributed by atoms with van der Waals surface area (Å²) in [7, 11) is 1.18. The topological polar surface area (TPSA) is 84.5 Å². The fraction of sp³-hybridized carbons (Fsp3) is 0.118. The molecule has 0 unspecified atom stereocenters. The van der Waals surface area contributed by atoms with Crippen molar-refractivity contribution in [2.75, 3.05) is 17.7 Å². The van der Waals surface area contributed by atoms with Gasteiger partial charge in [-0.2, -0.15) is 0 Å². The average Bonchev–Trinajstić information content (AvgIpc) is 2.58. The number of benzene rings is 2. The molecule has 0 saturated carbocycles. The molecule has 2 amide bonds. The van der Waals surface area contributed by atoms with Crippen LogP contribution in [0.1, 0.15) is 16.8 Å². The first-order chi connectivity index (χ1) is 11.9. The lowest BCUT2D eigenvalue weighted by Crippen LogP contribution is -2.18. The number of halogens is 2. The lowest BCUT2D eigenvalue weighted by atomic mass is 10.1. The summed E-state index contributed by atoms with van der Waals surface area (Å²) in [6, 6.07) is 9.92. The van der Waals surface area contributed by atoms with E-state index in [9.17, 15) is 18.8 Å². The summed E-state index contributed by atoms with van der Waals surface area (Å²) in [5.74, 6) is -2.28. The molecule has 6 nitrogen and oxygen atoms in total. The van der Waals surface area contributed by atoms with Crippen LogP contribution < -0.4 is 10.6 Å². The molecule has 0 aliphatic rings. The van der Waals surface area contributed by atoms with Gasteiger partial charge in [0.05, 0.1) is 12.1 Å². The Morgan fingerprint density at radius 2 is 1.80 bits per heavy atom. The quantitative estimate of drug-likeness (QED) is 0.630. The van der Waals surface area contributed by atoms with Crippen LogP contribution in [-0.4, -0.2) is 24.9 Å². The molecule has 0 bridgehead atoms. The molecule has 8 heteroatoms. The number of amides is 2. The zero-order chi connectivity index (χ0) is 18.4. The molecule has 0 aliphatic heterocycles.